The van der Waals surface area contributed by atoms with E-state index in [1.807, 2.05) is 43.3 Å². The molecule has 1 saturated carbocycles. The number of fused-ring (bicyclic) bond motifs is 1. The van der Waals surface area contributed by atoms with Crippen molar-refractivity contribution in [3.8, 4) is 5.69 Å². The van der Waals surface area contributed by atoms with Gasteiger partial charge in [0.05, 0.1) is 24.7 Å². The van der Waals surface area contributed by atoms with E-state index < -0.39 is 5.97 Å². The highest BCUT2D eigenvalue weighted by Crippen LogP contribution is 2.32. The third kappa shape index (κ3) is 3.24. The number of hydrogen-bond acceptors (Lipinski definition) is 5. The number of methoxy groups -OCH3 is 1. The number of para-hydroxylation sites is 1. The number of carbonyl (C=O) groups is 1. The zero-order valence-electron chi connectivity index (χ0n) is 17.8. The molecular formula is C24H22N4O4. The molecule has 0 N–H and O–H groups in total. The number of rotatable bonds is 5. The lowest BCUT2D eigenvalue weighted by Gasteiger charge is -2.14. The van der Waals surface area contributed by atoms with Crippen molar-refractivity contribution in [3.05, 3.63) is 92.4 Å². The van der Waals surface area contributed by atoms with E-state index in [9.17, 15) is 14.4 Å². The molecule has 0 saturated heterocycles. The average molecular weight is 430 g/mol. The number of aryl methyl sites for hydroxylation is 1. The van der Waals surface area contributed by atoms with Gasteiger partial charge in [-0.25, -0.2) is 19.1 Å². The normalized spacial score (nSPS) is 13.4. The third-order valence-electron chi connectivity index (χ3n) is 5.85. The van der Waals surface area contributed by atoms with Crippen molar-refractivity contribution in [2.24, 2.45) is 0 Å². The number of ether oxygens (including phenoxy) is 1. The molecular weight excluding hydrogens is 408 g/mol. The Labute approximate surface area is 183 Å². The Hall–Kier alpha value is -3.94. The summed E-state index contributed by atoms with van der Waals surface area (Å²) in [7, 11) is 1.34. The van der Waals surface area contributed by atoms with Gasteiger partial charge in [0.25, 0.3) is 5.56 Å². The van der Waals surface area contributed by atoms with Gasteiger partial charge in [0.15, 0.2) is 11.2 Å². The maximum Gasteiger partial charge on any atom is 0.337 e. The first kappa shape index (κ1) is 20.0. The van der Waals surface area contributed by atoms with Crippen LogP contribution in [0, 0.1) is 6.92 Å². The Morgan fingerprint density at radius 2 is 1.81 bits per heavy atom. The lowest BCUT2D eigenvalue weighted by molar-refractivity contribution is 0.0600. The molecule has 2 heterocycles. The zero-order chi connectivity index (χ0) is 22.4. The van der Waals surface area contributed by atoms with Crippen molar-refractivity contribution < 1.29 is 9.53 Å². The van der Waals surface area contributed by atoms with Crippen LogP contribution >= 0.6 is 0 Å². The van der Waals surface area contributed by atoms with Crippen molar-refractivity contribution >= 4 is 17.1 Å². The van der Waals surface area contributed by atoms with Crippen molar-refractivity contribution in [2.45, 2.75) is 32.4 Å². The van der Waals surface area contributed by atoms with Crippen molar-refractivity contribution in [1.29, 1.82) is 0 Å². The lowest BCUT2D eigenvalue weighted by Crippen LogP contribution is -2.39. The second-order valence-corrected chi connectivity index (χ2v) is 8.04. The summed E-state index contributed by atoms with van der Waals surface area (Å²) < 4.78 is 9.42. The molecule has 0 bridgehead atoms. The van der Waals surface area contributed by atoms with Crippen LogP contribution in [-0.4, -0.2) is 31.8 Å². The zero-order valence-corrected chi connectivity index (χ0v) is 17.8. The summed E-state index contributed by atoms with van der Waals surface area (Å²) >= 11 is 0. The number of benzene rings is 2. The molecule has 5 rings (SSSR count). The summed E-state index contributed by atoms with van der Waals surface area (Å²) in [5.74, 6) is -0.404. The Morgan fingerprint density at radius 1 is 1.09 bits per heavy atom. The highest BCUT2D eigenvalue weighted by atomic mass is 16.5. The van der Waals surface area contributed by atoms with Crippen LogP contribution < -0.4 is 11.2 Å². The number of esters is 1. The molecule has 2 aromatic carbocycles. The molecule has 1 aliphatic rings. The molecule has 1 fully saturated rings. The highest BCUT2D eigenvalue weighted by molar-refractivity contribution is 5.89. The van der Waals surface area contributed by atoms with E-state index in [2.05, 4.69) is 4.98 Å². The highest BCUT2D eigenvalue weighted by Gasteiger charge is 2.30. The summed E-state index contributed by atoms with van der Waals surface area (Å²) in [6, 6.07) is 14.5. The van der Waals surface area contributed by atoms with Crippen LogP contribution in [0.25, 0.3) is 16.9 Å². The summed E-state index contributed by atoms with van der Waals surface area (Å²) in [4.78, 5) is 42.9. The Kier molecular flexibility index (Phi) is 4.77. The van der Waals surface area contributed by atoms with Crippen LogP contribution in [0.4, 0.5) is 0 Å². The SMILES string of the molecule is COC(=O)c1ccc(Cn2cnc3c2c(=O)n(C2CC2)c(=O)n3-c2ccccc2C)cc1. The first-order valence-corrected chi connectivity index (χ1v) is 10.4. The molecule has 0 atom stereocenters. The Bertz CT molecular complexity index is 1460. The standard InChI is InChI=1S/C24H22N4O4/c1-15-5-3-4-6-19(15)28-21-20(22(29)27(24(28)31)18-11-12-18)26(14-25-21)13-16-7-9-17(10-8-16)23(30)32-2/h3-10,14,18H,11-13H2,1-2H3. The van der Waals surface area contributed by atoms with E-state index in [4.69, 9.17) is 4.74 Å². The second-order valence-electron chi connectivity index (χ2n) is 8.04. The van der Waals surface area contributed by atoms with E-state index in [0.29, 0.717) is 29.0 Å². The number of hydrogen-bond donors (Lipinski definition) is 0. The van der Waals surface area contributed by atoms with Gasteiger partial charge in [0, 0.05) is 12.6 Å². The first-order chi connectivity index (χ1) is 15.5. The minimum absolute atomic E-state index is 0.0719. The number of aromatic nitrogens is 4. The van der Waals surface area contributed by atoms with E-state index in [0.717, 1.165) is 24.0 Å². The van der Waals surface area contributed by atoms with Crippen molar-refractivity contribution in [1.82, 2.24) is 18.7 Å². The van der Waals surface area contributed by atoms with E-state index >= 15 is 0 Å². The third-order valence-corrected chi connectivity index (χ3v) is 5.85. The van der Waals surface area contributed by atoms with Gasteiger partial charge in [-0.2, -0.15) is 0 Å². The van der Waals surface area contributed by atoms with E-state index in [-0.39, 0.29) is 17.3 Å². The van der Waals surface area contributed by atoms with Gasteiger partial charge in [-0.05, 0) is 49.1 Å². The van der Waals surface area contributed by atoms with Gasteiger partial charge < -0.3 is 9.30 Å². The molecule has 0 radical (unpaired) electrons. The van der Waals surface area contributed by atoms with Gasteiger partial charge in [-0.15, -0.1) is 0 Å². The predicted octanol–water partition coefficient (Wildman–Crippen LogP) is 2.83. The second kappa shape index (κ2) is 7.64. The fraction of sp³-hybridized carbons (Fsp3) is 0.250. The largest absolute Gasteiger partial charge is 0.465 e. The number of imidazole rings is 1. The molecule has 4 aromatic rings. The maximum atomic E-state index is 13.4. The molecule has 1 aliphatic carbocycles. The summed E-state index contributed by atoms with van der Waals surface area (Å²) in [6.07, 6.45) is 3.22. The molecule has 8 nitrogen and oxygen atoms in total. The van der Waals surface area contributed by atoms with E-state index in [1.165, 1.54) is 11.7 Å². The van der Waals surface area contributed by atoms with E-state index in [1.54, 1.807) is 27.6 Å². The predicted molar refractivity (Wildman–Crippen MR) is 119 cm³/mol. The fourth-order valence-corrected chi connectivity index (χ4v) is 4.02. The minimum atomic E-state index is -0.404. The minimum Gasteiger partial charge on any atom is -0.465 e. The molecule has 0 spiro atoms. The molecule has 0 unspecified atom stereocenters. The smallest absolute Gasteiger partial charge is 0.337 e. The van der Waals surface area contributed by atoms with Crippen LogP contribution in [0.3, 0.4) is 0 Å². The topological polar surface area (TPSA) is 88.1 Å². The van der Waals surface area contributed by atoms with Crippen LogP contribution in [0.5, 0.6) is 0 Å². The van der Waals surface area contributed by atoms with Gasteiger partial charge in [-0.3, -0.25) is 9.36 Å². The summed E-state index contributed by atoms with van der Waals surface area (Å²) in [5, 5.41) is 0. The molecule has 0 amide bonds. The summed E-state index contributed by atoms with van der Waals surface area (Å²) in [5.41, 5.74) is 3.04. The molecule has 0 aliphatic heterocycles. The Balaban J connectivity index is 1.68. The first-order valence-electron chi connectivity index (χ1n) is 10.4. The lowest BCUT2D eigenvalue weighted by atomic mass is 10.1. The number of carbonyl (C=O) groups excluding carboxylic acids is 1. The molecule has 32 heavy (non-hydrogen) atoms. The van der Waals surface area contributed by atoms with Crippen molar-refractivity contribution in [2.75, 3.05) is 7.11 Å². The summed E-state index contributed by atoms with van der Waals surface area (Å²) in [6.45, 7) is 2.31. The maximum absolute atomic E-state index is 13.4. The molecule has 8 heteroatoms. The van der Waals surface area contributed by atoms with Crippen molar-refractivity contribution in [3.63, 3.8) is 0 Å². The molecule has 162 valence electrons. The van der Waals surface area contributed by atoms with Crippen LogP contribution in [0.1, 0.15) is 40.4 Å². The monoisotopic (exact) mass is 430 g/mol. The quantitative estimate of drug-likeness (QED) is 0.455. The number of nitrogens with zero attached hydrogens (tertiary/aromatic N) is 4. The van der Waals surface area contributed by atoms with Crippen LogP contribution in [0.2, 0.25) is 0 Å². The van der Waals surface area contributed by atoms with Crippen LogP contribution in [-0.2, 0) is 11.3 Å². The van der Waals surface area contributed by atoms with Gasteiger partial charge in [-0.1, -0.05) is 30.3 Å². The molecule has 2 aromatic heterocycles. The average Bonchev–Trinajstić information content (AvgIpc) is 3.55. The van der Waals surface area contributed by atoms with Gasteiger partial charge >= 0.3 is 11.7 Å². The fourth-order valence-electron chi connectivity index (χ4n) is 4.02. The Morgan fingerprint density at radius 3 is 2.47 bits per heavy atom. The van der Waals surface area contributed by atoms with Gasteiger partial charge in [0.1, 0.15) is 0 Å². The van der Waals surface area contributed by atoms with Crippen LogP contribution in [0.15, 0.2) is 64.4 Å². The van der Waals surface area contributed by atoms with Gasteiger partial charge in [0.2, 0.25) is 0 Å².